The first-order chi connectivity index (χ1) is 8.60. The van der Waals surface area contributed by atoms with Crippen molar-refractivity contribution in [1.82, 2.24) is 0 Å². The molecule has 1 saturated carbocycles. The Morgan fingerprint density at radius 3 is 2.72 bits per heavy atom. The molecule has 3 atom stereocenters. The van der Waals surface area contributed by atoms with Gasteiger partial charge in [0.05, 0.1) is 0 Å². The Labute approximate surface area is 119 Å². The van der Waals surface area contributed by atoms with E-state index in [4.69, 9.17) is 0 Å². The fourth-order valence-electron chi connectivity index (χ4n) is 3.08. The van der Waals surface area contributed by atoms with Crippen LogP contribution in [0.5, 0.6) is 0 Å². The zero-order valence-electron chi connectivity index (χ0n) is 11.7. The highest BCUT2D eigenvalue weighted by Gasteiger charge is 2.25. The molecule has 0 saturated heterocycles. The first-order valence-electron chi connectivity index (χ1n) is 7.15. The number of aryl methyl sites for hydroxylation is 1. The summed E-state index contributed by atoms with van der Waals surface area (Å²) in [6.07, 6.45) is 5.11. The van der Waals surface area contributed by atoms with Gasteiger partial charge in [-0.1, -0.05) is 36.7 Å². The van der Waals surface area contributed by atoms with Crippen molar-refractivity contribution in [3.63, 3.8) is 0 Å². The fraction of sp³-hybridized carbons (Fsp3) is 0.625. The topological polar surface area (TPSA) is 12.0 Å². The second-order valence-corrected chi connectivity index (χ2v) is 6.72. The maximum absolute atomic E-state index is 3.78. The predicted octanol–water partition coefficient (Wildman–Crippen LogP) is 5.25. The SMILES string of the molecule is CCc1cc(Br)ccc1NC1CCC(C)CC1C. The number of rotatable bonds is 3. The van der Waals surface area contributed by atoms with E-state index in [9.17, 15) is 0 Å². The molecule has 1 aromatic carbocycles. The van der Waals surface area contributed by atoms with Crippen molar-refractivity contribution >= 4 is 21.6 Å². The Balaban J connectivity index is 2.09. The third-order valence-corrected chi connectivity index (χ3v) is 4.71. The molecule has 1 aliphatic rings. The minimum atomic E-state index is 0.646. The lowest BCUT2D eigenvalue weighted by Crippen LogP contribution is -2.33. The summed E-state index contributed by atoms with van der Waals surface area (Å²) in [5, 5.41) is 3.78. The van der Waals surface area contributed by atoms with E-state index >= 15 is 0 Å². The molecule has 1 N–H and O–H groups in total. The van der Waals surface area contributed by atoms with Gasteiger partial charge >= 0.3 is 0 Å². The molecule has 2 heteroatoms. The van der Waals surface area contributed by atoms with Gasteiger partial charge in [0.1, 0.15) is 0 Å². The lowest BCUT2D eigenvalue weighted by atomic mass is 9.79. The van der Waals surface area contributed by atoms with Gasteiger partial charge in [-0.05, 0) is 61.3 Å². The zero-order chi connectivity index (χ0) is 13.1. The van der Waals surface area contributed by atoms with Crippen molar-refractivity contribution in [2.45, 2.75) is 52.5 Å². The van der Waals surface area contributed by atoms with E-state index in [1.165, 1.54) is 35.0 Å². The summed E-state index contributed by atoms with van der Waals surface area (Å²) in [6.45, 7) is 6.99. The Morgan fingerprint density at radius 1 is 1.28 bits per heavy atom. The molecule has 0 aromatic heterocycles. The number of anilines is 1. The molecule has 2 rings (SSSR count). The molecule has 0 heterocycles. The second-order valence-electron chi connectivity index (χ2n) is 5.80. The van der Waals surface area contributed by atoms with Crippen LogP contribution >= 0.6 is 15.9 Å². The molecule has 0 aliphatic heterocycles. The first kappa shape index (κ1) is 13.9. The van der Waals surface area contributed by atoms with E-state index in [0.29, 0.717) is 6.04 Å². The second kappa shape index (κ2) is 6.10. The number of halogens is 1. The van der Waals surface area contributed by atoms with Gasteiger partial charge in [0.15, 0.2) is 0 Å². The van der Waals surface area contributed by atoms with E-state index in [1.54, 1.807) is 0 Å². The van der Waals surface area contributed by atoms with Crippen LogP contribution in [-0.4, -0.2) is 6.04 Å². The largest absolute Gasteiger partial charge is 0.382 e. The Bertz CT molecular complexity index is 402. The van der Waals surface area contributed by atoms with Crippen molar-refractivity contribution < 1.29 is 0 Å². The molecular formula is C16H24BrN. The van der Waals surface area contributed by atoms with E-state index in [-0.39, 0.29) is 0 Å². The van der Waals surface area contributed by atoms with E-state index in [2.05, 4.69) is 60.2 Å². The number of benzene rings is 1. The van der Waals surface area contributed by atoms with Crippen molar-refractivity contribution in [1.29, 1.82) is 0 Å². The van der Waals surface area contributed by atoms with E-state index < -0.39 is 0 Å². The summed E-state index contributed by atoms with van der Waals surface area (Å²) in [5.41, 5.74) is 2.74. The summed E-state index contributed by atoms with van der Waals surface area (Å²) in [4.78, 5) is 0. The molecule has 100 valence electrons. The van der Waals surface area contributed by atoms with Crippen molar-refractivity contribution in [2.24, 2.45) is 11.8 Å². The monoisotopic (exact) mass is 309 g/mol. The van der Waals surface area contributed by atoms with Crippen LogP contribution in [0.25, 0.3) is 0 Å². The molecule has 1 aliphatic carbocycles. The van der Waals surface area contributed by atoms with Gasteiger partial charge in [-0.15, -0.1) is 0 Å². The number of nitrogens with one attached hydrogen (secondary N) is 1. The van der Waals surface area contributed by atoms with Gasteiger partial charge in [-0.25, -0.2) is 0 Å². The molecule has 0 bridgehead atoms. The van der Waals surface area contributed by atoms with Crippen LogP contribution < -0.4 is 5.32 Å². The smallest absolute Gasteiger partial charge is 0.0375 e. The van der Waals surface area contributed by atoms with Crippen molar-refractivity contribution in [2.75, 3.05) is 5.32 Å². The van der Waals surface area contributed by atoms with Crippen molar-refractivity contribution in [3.05, 3.63) is 28.2 Å². The number of hydrogen-bond donors (Lipinski definition) is 1. The maximum Gasteiger partial charge on any atom is 0.0375 e. The van der Waals surface area contributed by atoms with Gasteiger partial charge in [0.25, 0.3) is 0 Å². The van der Waals surface area contributed by atoms with Crippen molar-refractivity contribution in [3.8, 4) is 0 Å². The summed E-state index contributed by atoms with van der Waals surface area (Å²) in [6, 6.07) is 7.23. The van der Waals surface area contributed by atoms with Gasteiger partial charge < -0.3 is 5.32 Å². The summed E-state index contributed by atoms with van der Waals surface area (Å²) >= 11 is 3.55. The number of hydrogen-bond acceptors (Lipinski definition) is 1. The molecule has 0 spiro atoms. The summed E-state index contributed by atoms with van der Waals surface area (Å²) in [7, 11) is 0. The molecule has 1 nitrogen and oxygen atoms in total. The molecule has 0 amide bonds. The van der Waals surface area contributed by atoms with Crippen LogP contribution in [0.1, 0.15) is 45.6 Å². The highest BCUT2D eigenvalue weighted by Crippen LogP contribution is 2.32. The van der Waals surface area contributed by atoms with Crippen LogP contribution in [0.15, 0.2) is 22.7 Å². The van der Waals surface area contributed by atoms with Crippen LogP contribution in [-0.2, 0) is 6.42 Å². The summed E-state index contributed by atoms with van der Waals surface area (Å²) < 4.78 is 1.18. The average molecular weight is 310 g/mol. The lowest BCUT2D eigenvalue weighted by Gasteiger charge is -2.34. The first-order valence-corrected chi connectivity index (χ1v) is 7.94. The van der Waals surface area contributed by atoms with Gasteiger partial charge in [0.2, 0.25) is 0 Å². The lowest BCUT2D eigenvalue weighted by molar-refractivity contribution is 0.276. The van der Waals surface area contributed by atoms with Crippen LogP contribution in [0, 0.1) is 11.8 Å². The minimum absolute atomic E-state index is 0.646. The Morgan fingerprint density at radius 2 is 2.06 bits per heavy atom. The average Bonchev–Trinajstić information content (AvgIpc) is 2.34. The van der Waals surface area contributed by atoms with Crippen LogP contribution in [0.4, 0.5) is 5.69 Å². The minimum Gasteiger partial charge on any atom is -0.382 e. The highest BCUT2D eigenvalue weighted by atomic mass is 79.9. The van der Waals surface area contributed by atoms with Crippen LogP contribution in [0.3, 0.4) is 0 Å². The zero-order valence-corrected chi connectivity index (χ0v) is 13.3. The van der Waals surface area contributed by atoms with E-state index in [0.717, 1.165) is 18.3 Å². The van der Waals surface area contributed by atoms with Gasteiger partial charge in [-0.3, -0.25) is 0 Å². The van der Waals surface area contributed by atoms with E-state index in [1.807, 2.05) is 0 Å². The standard InChI is InChI=1S/C16H24BrN/c1-4-13-10-14(17)6-8-16(13)18-15-7-5-11(2)9-12(15)3/h6,8,10-12,15,18H,4-5,7,9H2,1-3H3. The predicted molar refractivity (Wildman–Crippen MR) is 83.1 cm³/mol. The fourth-order valence-corrected chi connectivity index (χ4v) is 3.48. The maximum atomic E-state index is 3.78. The quantitative estimate of drug-likeness (QED) is 0.804. The normalized spacial score (nSPS) is 28.1. The third kappa shape index (κ3) is 3.28. The third-order valence-electron chi connectivity index (χ3n) is 4.22. The molecule has 1 aromatic rings. The van der Waals surface area contributed by atoms with Gasteiger partial charge in [0, 0.05) is 16.2 Å². The van der Waals surface area contributed by atoms with Crippen LogP contribution in [0.2, 0.25) is 0 Å². The molecule has 3 unspecified atom stereocenters. The molecule has 18 heavy (non-hydrogen) atoms. The highest BCUT2D eigenvalue weighted by molar-refractivity contribution is 9.10. The summed E-state index contributed by atoms with van der Waals surface area (Å²) in [5.74, 6) is 1.68. The Kier molecular flexibility index (Phi) is 4.71. The molecule has 1 fully saturated rings. The molecule has 0 radical (unpaired) electrons. The Hall–Kier alpha value is -0.500. The van der Waals surface area contributed by atoms with Gasteiger partial charge in [-0.2, -0.15) is 0 Å². The molecular weight excluding hydrogens is 286 g/mol.